The van der Waals surface area contributed by atoms with E-state index in [4.69, 9.17) is 9.73 Å². The molecule has 26 heavy (non-hydrogen) atoms. The highest BCUT2D eigenvalue weighted by molar-refractivity contribution is 7.09. The average Bonchev–Trinajstić information content (AvgIpc) is 3.34. The van der Waals surface area contributed by atoms with E-state index in [-0.39, 0.29) is 12.1 Å². The molecule has 1 amide bonds. The molecule has 1 heterocycles. The fraction of sp³-hybridized carbons (Fsp3) is 0.684. The summed E-state index contributed by atoms with van der Waals surface area (Å²) >= 11 is 1.80. The molecule has 1 aliphatic carbocycles. The fourth-order valence-electron chi connectivity index (χ4n) is 2.79. The summed E-state index contributed by atoms with van der Waals surface area (Å²) in [5.41, 5.74) is 0. The summed E-state index contributed by atoms with van der Waals surface area (Å²) in [5.74, 6) is 1.83. The van der Waals surface area contributed by atoms with Crippen LogP contribution in [0.1, 0.15) is 38.5 Å². The van der Waals surface area contributed by atoms with Gasteiger partial charge in [0.1, 0.15) is 0 Å². The van der Waals surface area contributed by atoms with Crippen LogP contribution in [0.25, 0.3) is 0 Å². The van der Waals surface area contributed by atoms with E-state index in [9.17, 15) is 4.79 Å². The molecular weight excluding hydrogens is 348 g/mol. The van der Waals surface area contributed by atoms with Crippen LogP contribution in [-0.4, -0.2) is 44.3 Å². The van der Waals surface area contributed by atoms with E-state index in [1.807, 2.05) is 6.92 Å². The molecule has 6 nitrogen and oxygen atoms in total. The van der Waals surface area contributed by atoms with Gasteiger partial charge in [-0.05, 0) is 56.4 Å². The lowest BCUT2D eigenvalue weighted by atomic mass is 10.1. The van der Waals surface area contributed by atoms with Gasteiger partial charge in [0.05, 0.1) is 12.6 Å². The highest BCUT2D eigenvalue weighted by Crippen LogP contribution is 2.32. The monoisotopic (exact) mass is 380 g/mol. The number of hydrogen-bond acceptors (Lipinski definition) is 4. The van der Waals surface area contributed by atoms with Gasteiger partial charge in [-0.25, -0.2) is 4.79 Å². The Morgan fingerprint density at radius 3 is 2.81 bits per heavy atom. The van der Waals surface area contributed by atoms with Crippen molar-refractivity contribution >= 4 is 23.4 Å². The molecule has 146 valence electrons. The van der Waals surface area contributed by atoms with Gasteiger partial charge in [-0.15, -0.1) is 11.3 Å². The molecule has 2 unspecified atom stereocenters. The van der Waals surface area contributed by atoms with Gasteiger partial charge in [0.2, 0.25) is 0 Å². The summed E-state index contributed by atoms with van der Waals surface area (Å²) in [4.78, 5) is 17.8. The molecule has 1 aliphatic rings. The highest BCUT2D eigenvalue weighted by Gasteiger charge is 2.32. The van der Waals surface area contributed by atoms with Crippen molar-refractivity contribution in [1.82, 2.24) is 16.0 Å². The van der Waals surface area contributed by atoms with Crippen LogP contribution in [0.3, 0.4) is 0 Å². The minimum absolute atomic E-state index is 0.0847. The maximum atomic E-state index is 11.7. The Bertz CT molecular complexity index is 558. The van der Waals surface area contributed by atoms with Crippen molar-refractivity contribution in [2.45, 2.75) is 46.1 Å². The number of guanidine groups is 1. The number of nitrogens with one attached hydrogen (secondary N) is 3. The summed E-state index contributed by atoms with van der Waals surface area (Å²) in [6.07, 6.45) is 3.03. The average molecular weight is 381 g/mol. The number of aliphatic imine (C=N–C) groups is 1. The van der Waals surface area contributed by atoms with Crippen LogP contribution in [0.5, 0.6) is 0 Å². The van der Waals surface area contributed by atoms with Crippen molar-refractivity contribution in [2.75, 3.05) is 26.2 Å². The maximum Gasteiger partial charge on any atom is 0.407 e. The third-order valence-corrected chi connectivity index (χ3v) is 5.19. The van der Waals surface area contributed by atoms with E-state index in [0.717, 1.165) is 38.3 Å². The molecule has 1 aromatic rings. The first-order valence-corrected chi connectivity index (χ1v) is 10.5. The Hall–Kier alpha value is -1.76. The number of ether oxygens (including phenoxy) is 1. The quantitative estimate of drug-likeness (QED) is 0.431. The Morgan fingerprint density at radius 2 is 2.19 bits per heavy atom. The van der Waals surface area contributed by atoms with E-state index >= 15 is 0 Å². The Morgan fingerprint density at radius 1 is 1.38 bits per heavy atom. The zero-order valence-electron chi connectivity index (χ0n) is 16.1. The predicted octanol–water partition coefficient (Wildman–Crippen LogP) is 3.01. The number of amides is 1. The zero-order chi connectivity index (χ0) is 18.8. The molecule has 0 aromatic carbocycles. The summed E-state index contributed by atoms with van der Waals surface area (Å²) in [6.45, 7) is 8.73. The molecule has 7 heteroatoms. The van der Waals surface area contributed by atoms with E-state index in [0.29, 0.717) is 25.0 Å². The first-order chi connectivity index (χ1) is 12.6. The first-order valence-electron chi connectivity index (χ1n) is 9.60. The summed E-state index contributed by atoms with van der Waals surface area (Å²) in [6, 6.07) is 4.35. The van der Waals surface area contributed by atoms with Crippen molar-refractivity contribution in [3.8, 4) is 0 Å². The third kappa shape index (κ3) is 7.64. The second-order valence-electron chi connectivity index (χ2n) is 6.80. The number of carbonyl (C=O) groups excluding carboxylic acids is 1. The summed E-state index contributed by atoms with van der Waals surface area (Å²) < 4.78 is 5.01. The molecule has 2 rings (SSSR count). The number of hydrogen-bond donors (Lipinski definition) is 3. The number of nitrogens with zero attached hydrogens (tertiary/aromatic N) is 1. The Balaban J connectivity index is 1.82. The van der Waals surface area contributed by atoms with E-state index in [2.05, 4.69) is 47.3 Å². The van der Waals surface area contributed by atoms with Gasteiger partial charge >= 0.3 is 6.09 Å². The second-order valence-corrected chi connectivity index (χ2v) is 7.83. The first kappa shape index (κ1) is 20.6. The van der Waals surface area contributed by atoms with Gasteiger partial charge in [0.25, 0.3) is 0 Å². The minimum atomic E-state index is -0.335. The third-order valence-electron chi connectivity index (χ3n) is 4.29. The molecule has 0 radical (unpaired) electrons. The van der Waals surface area contributed by atoms with Crippen LogP contribution >= 0.6 is 11.3 Å². The van der Waals surface area contributed by atoms with Crippen LogP contribution in [-0.2, 0) is 11.2 Å². The lowest BCUT2D eigenvalue weighted by Gasteiger charge is -2.20. The zero-order valence-corrected chi connectivity index (χ0v) is 16.9. The van der Waals surface area contributed by atoms with E-state index < -0.39 is 0 Å². The smallest absolute Gasteiger partial charge is 0.407 e. The van der Waals surface area contributed by atoms with Crippen LogP contribution in [0.2, 0.25) is 0 Å². The van der Waals surface area contributed by atoms with Crippen LogP contribution in [0.4, 0.5) is 4.79 Å². The summed E-state index contributed by atoms with van der Waals surface area (Å²) in [7, 11) is 0. The second kappa shape index (κ2) is 11.1. The van der Waals surface area contributed by atoms with Gasteiger partial charge in [0, 0.05) is 24.5 Å². The molecular formula is C19H32N4O2S. The molecule has 0 bridgehead atoms. The van der Waals surface area contributed by atoms with Crippen molar-refractivity contribution < 1.29 is 9.53 Å². The Kier molecular flexibility index (Phi) is 8.74. The summed E-state index contributed by atoms with van der Waals surface area (Å²) in [5, 5.41) is 11.7. The topological polar surface area (TPSA) is 74.8 Å². The molecule has 0 aliphatic heterocycles. The number of carbonyl (C=O) groups is 1. The molecule has 0 spiro atoms. The molecule has 1 saturated carbocycles. The fourth-order valence-corrected chi connectivity index (χ4v) is 3.66. The lowest BCUT2D eigenvalue weighted by molar-refractivity contribution is 0.146. The van der Waals surface area contributed by atoms with Gasteiger partial charge in [-0.2, -0.15) is 0 Å². The maximum absolute atomic E-state index is 11.7. The van der Waals surface area contributed by atoms with Crippen LogP contribution in [0, 0.1) is 11.8 Å². The predicted molar refractivity (Wildman–Crippen MR) is 108 cm³/mol. The van der Waals surface area contributed by atoms with Crippen LogP contribution < -0.4 is 16.0 Å². The minimum Gasteiger partial charge on any atom is -0.450 e. The SMILES string of the molecule is CCNC(=NCC(C)Cc1cccs1)NCC(NC(=O)OCC)C1CC1. The van der Waals surface area contributed by atoms with Crippen molar-refractivity contribution in [3.63, 3.8) is 0 Å². The van der Waals surface area contributed by atoms with Gasteiger partial charge in [0.15, 0.2) is 5.96 Å². The van der Waals surface area contributed by atoms with Crippen LogP contribution in [0.15, 0.2) is 22.5 Å². The van der Waals surface area contributed by atoms with Gasteiger partial charge in [-0.3, -0.25) is 4.99 Å². The molecule has 1 fully saturated rings. The van der Waals surface area contributed by atoms with Crippen molar-refractivity contribution in [2.24, 2.45) is 16.8 Å². The normalized spacial score (nSPS) is 16.7. The Labute approximate surface area is 160 Å². The largest absolute Gasteiger partial charge is 0.450 e. The van der Waals surface area contributed by atoms with Gasteiger partial charge < -0.3 is 20.7 Å². The molecule has 2 atom stereocenters. The molecule has 3 N–H and O–H groups in total. The number of thiophene rings is 1. The highest BCUT2D eigenvalue weighted by atomic mass is 32.1. The standard InChI is InChI=1S/C19H32N4O2S/c1-4-20-18(21-12-14(3)11-16-7-6-10-26-16)22-13-17(15-8-9-15)23-19(24)25-5-2/h6-7,10,14-15,17H,4-5,8-9,11-13H2,1-3H3,(H,23,24)(H2,20,21,22). The van der Waals surface area contributed by atoms with Crippen molar-refractivity contribution in [3.05, 3.63) is 22.4 Å². The lowest BCUT2D eigenvalue weighted by Crippen LogP contribution is -2.48. The molecule has 1 aromatic heterocycles. The molecule has 0 saturated heterocycles. The van der Waals surface area contributed by atoms with E-state index in [1.54, 1.807) is 11.3 Å². The van der Waals surface area contributed by atoms with Gasteiger partial charge in [-0.1, -0.05) is 13.0 Å². The number of alkyl carbamates (subject to hydrolysis) is 1. The van der Waals surface area contributed by atoms with E-state index in [1.165, 1.54) is 4.88 Å². The van der Waals surface area contributed by atoms with Crippen molar-refractivity contribution in [1.29, 1.82) is 0 Å². The number of rotatable bonds is 10.